The fourth-order valence-electron chi connectivity index (χ4n) is 2.45. The Kier molecular flexibility index (Phi) is 4.23. The van der Waals surface area contributed by atoms with Crippen LogP contribution in [0.5, 0.6) is 0 Å². The Labute approximate surface area is 106 Å². The number of carbonyl (C=O) groups excluding carboxylic acids is 1. The molecule has 0 aromatic rings. The first-order valence-electron chi connectivity index (χ1n) is 6.67. The predicted octanol–water partition coefficient (Wildman–Crippen LogP) is 2.27. The summed E-state index contributed by atoms with van der Waals surface area (Å²) in [6.45, 7) is 12.6. The van der Waals surface area contributed by atoms with Gasteiger partial charge in [-0.05, 0) is 45.1 Å². The quantitative estimate of drug-likeness (QED) is 0.803. The Morgan fingerprint density at radius 2 is 1.59 bits per heavy atom. The number of likely N-dealkylation sites (tertiary alicyclic amines) is 1. The molecule has 1 aliphatic heterocycles. The first-order chi connectivity index (χ1) is 7.68. The molecule has 0 aromatic heterocycles. The molecule has 1 aliphatic rings. The van der Waals surface area contributed by atoms with Crippen LogP contribution in [-0.4, -0.2) is 36.5 Å². The van der Waals surface area contributed by atoms with E-state index in [-0.39, 0.29) is 5.91 Å². The van der Waals surface area contributed by atoms with Gasteiger partial charge in [0, 0.05) is 13.1 Å². The molecule has 3 heteroatoms. The topological polar surface area (TPSA) is 32.3 Å². The number of piperidine rings is 1. The van der Waals surface area contributed by atoms with Gasteiger partial charge in [-0.3, -0.25) is 4.79 Å². The summed E-state index contributed by atoms with van der Waals surface area (Å²) >= 11 is 0. The highest BCUT2D eigenvalue weighted by Gasteiger charge is 2.35. The average molecular weight is 240 g/mol. The number of carbonyl (C=O) groups is 1. The molecule has 17 heavy (non-hydrogen) atoms. The number of likely N-dealkylation sites (N-methyl/N-ethyl adjacent to an activating group) is 1. The standard InChI is InChI=1S/C14H28N2O/c1-13(2,3)11-7-9-16(10-8-11)12(17)14(4,5)15-6/h11,15H,7-10H2,1-6H3. The molecular formula is C14H28N2O. The SMILES string of the molecule is CNC(C)(C)C(=O)N1CCC(C(C)(C)C)CC1. The van der Waals surface area contributed by atoms with Gasteiger partial charge in [-0.1, -0.05) is 20.8 Å². The highest BCUT2D eigenvalue weighted by atomic mass is 16.2. The third-order valence-corrected chi connectivity index (χ3v) is 4.17. The van der Waals surface area contributed by atoms with Crippen LogP contribution in [0, 0.1) is 11.3 Å². The number of amides is 1. The van der Waals surface area contributed by atoms with Crippen molar-refractivity contribution in [1.82, 2.24) is 10.2 Å². The zero-order chi connectivity index (χ0) is 13.3. The van der Waals surface area contributed by atoms with Crippen LogP contribution in [0.25, 0.3) is 0 Å². The number of nitrogens with one attached hydrogen (secondary N) is 1. The van der Waals surface area contributed by atoms with Gasteiger partial charge in [0.1, 0.15) is 0 Å². The van der Waals surface area contributed by atoms with Crippen molar-refractivity contribution in [2.45, 2.75) is 53.0 Å². The number of hydrogen-bond donors (Lipinski definition) is 1. The summed E-state index contributed by atoms with van der Waals surface area (Å²) in [5, 5.41) is 3.09. The van der Waals surface area contributed by atoms with Gasteiger partial charge in [0.2, 0.25) is 5.91 Å². The molecule has 1 amide bonds. The molecule has 1 fully saturated rings. The summed E-state index contributed by atoms with van der Waals surface area (Å²) in [5.74, 6) is 0.969. The van der Waals surface area contributed by atoms with Crippen LogP contribution in [0.2, 0.25) is 0 Å². The van der Waals surface area contributed by atoms with Crippen molar-refractivity contribution < 1.29 is 4.79 Å². The lowest BCUT2D eigenvalue weighted by Crippen LogP contribution is -2.55. The van der Waals surface area contributed by atoms with Gasteiger partial charge in [0.15, 0.2) is 0 Å². The van der Waals surface area contributed by atoms with Crippen LogP contribution in [-0.2, 0) is 4.79 Å². The van der Waals surface area contributed by atoms with E-state index in [0.29, 0.717) is 5.41 Å². The Bertz CT molecular complexity index is 270. The molecule has 1 rings (SSSR count). The van der Waals surface area contributed by atoms with Gasteiger partial charge < -0.3 is 10.2 Å². The van der Waals surface area contributed by atoms with Crippen LogP contribution >= 0.6 is 0 Å². The third kappa shape index (κ3) is 3.44. The minimum atomic E-state index is -0.436. The molecule has 3 nitrogen and oxygen atoms in total. The molecule has 0 unspecified atom stereocenters. The lowest BCUT2D eigenvalue weighted by atomic mass is 9.75. The van der Waals surface area contributed by atoms with Crippen molar-refractivity contribution in [3.63, 3.8) is 0 Å². The second-order valence-electron chi connectivity index (χ2n) is 6.81. The van der Waals surface area contributed by atoms with E-state index >= 15 is 0 Å². The highest BCUT2D eigenvalue weighted by molar-refractivity contribution is 5.85. The van der Waals surface area contributed by atoms with E-state index in [1.807, 2.05) is 25.8 Å². The van der Waals surface area contributed by atoms with Crippen molar-refractivity contribution in [1.29, 1.82) is 0 Å². The lowest BCUT2D eigenvalue weighted by molar-refractivity contribution is -0.138. The second kappa shape index (κ2) is 4.97. The van der Waals surface area contributed by atoms with E-state index in [1.165, 1.54) is 0 Å². The summed E-state index contributed by atoms with van der Waals surface area (Å²) in [6.07, 6.45) is 2.27. The van der Waals surface area contributed by atoms with E-state index in [1.54, 1.807) is 0 Å². The molecule has 0 aliphatic carbocycles. The molecule has 0 bridgehead atoms. The van der Waals surface area contributed by atoms with Crippen LogP contribution in [0.15, 0.2) is 0 Å². The summed E-state index contributed by atoms with van der Waals surface area (Å²) in [4.78, 5) is 14.3. The van der Waals surface area contributed by atoms with Crippen LogP contribution in [0.1, 0.15) is 47.5 Å². The number of rotatable bonds is 2. The van der Waals surface area contributed by atoms with E-state index in [0.717, 1.165) is 31.8 Å². The number of hydrogen-bond acceptors (Lipinski definition) is 2. The molecule has 0 spiro atoms. The maximum absolute atomic E-state index is 12.3. The Morgan fingerprint density at radius 1 is 1.12 bits per heavy atom. The molecule has 0 radical (unpaired) electrons. The monoisotopic (exact) mass is 240 g/mol. The summed E-state index contributed by atoms with van der Waals surface area (Å²) < 4.78 is 0. The van der Waals surface area contributed by atoms with Crippen LogP contribution in [0.3, 0.4) is 0 Å². The lowest BCUT2D eigenvalue weighted by Gasteiger charge is -2.41. The zero-order valence-corrected chi connectivity index (χ0v) is 12.3. The van der Waals surface area contributed by atoms with E-state index in [9.17, 15) is 4.79 Å². The van der Waals surface area contributed by atoms with Crippen molar-refractivity contribution in [3.05, 3.63) is 0 Å². The molecule has 0 saturated carbocycles. The number of nitrogens with zero attached hydrogens (tertiary/aromatic N) is 1. The van der Waals surface area contributed by atoms with Crippen LogP contribution < -0.4 is 5.32 Å². The smallest absolute Gasteiger partial charge is 0.242 e. The minimum Gasteiger partial charge on any atom is -0.341 e. The molecular weight excluding hydrogens is 212 g/mol. The Morgan fingerprint density at radius 3 is 1.94 bits per heavy atom. The fourth-order valence-corrected chi connectivity index (χ4v) is 2.45. The summed E-state index contributed by atoms with van der Waals surface area (Å²) in [7, 11) is 1.85. The maximum Gasteiger partial charge on any atom is 0.242 e. The predicted molar refractivity (Wildman–Crippen MR) is 71.9 cm³/mol. The van der Waals surface area contributed by atoms with Gasteiger partial charge in [-0.2, -0.15) is 0 Å². The maximum atomic E-state index is 12.3. The third-order valence-electron chi connectivity index (χ3n) is 4.17. The van der Waals surface area contributed by atoms with Crippen LogP contribution in [0.4, 0.5) is 0 Å². The molecule has 1 heterocycles. The first-order valence-corrected chi connectivity index (χ1v) is 6.67. The fraction of sp³-hybridized carbons (Fsp3) is 0.929. The van der Waals surface area contributed by atoms with Gasteiger partial charge in [-0.25, -0.2) is 0 Å². The van der Waals surface area contributed by atoms with Gasteiger partial charge in [-0.15, -0.1) is 0 Å². The molecule has 1 N–H and O–H groups in total. The van der Waals surface area contributed by atoms with Crippen molar-refractivity contribution >= 4 is 5.91 Å². The minimum absolute atomic E-state index is 0.229. The average Bonchev–Trinajstić information content (AvgIpc) is 2.27. The Balaban J connectivity index is 2.56. The van der Waals surface area contributed by atoms with E-state index in [2.05, 4.69) is 26.1 Å². The van der Waals surface area contributed by atoms with E-state index in [4.69, 9.17) is 0 Å². The first kappa shape index (κ1) is 14.5. The molecule has 100 valence electrons. The zero-order valence-electron chi connectivity index (χ0n) is 12.3. The van der Waals surface area contributed by atoms with Crippen molar-refractivity contribution in [3.8, 4) is 0 Å². The van der Waals surface area contributed by atoms with Gasteiger partial charge in [0.25, 0.3) is 0 Å². The molecule has 0 atom stereocenters. The normalized spacial score (nSPS) is 19.5. The largest absolute Gasteiger partial charge is 0.341 e. The van der Waals surface area contributed by atoms with Crippen molar-refractivity contribution in [2.24, 2.45) is 11.3 Å². The highest BCUT2D eigenvalue weighted by Crippen LogP contribution is 2.34. The molecule has 1 saturated heterocycles. The Hall–Kier alpha value is -0.570. The summed E-state index contributed by atoms with van der Waals surface area (Å²) in [6, 6.07) is 0. The van der Waals surface area contributed by atoms with E-state index < -0.39 is 5.54 Å². The van der Waals surface area contributed by atoms with Gasteiger partial charge >= 0.3 is 0 Å². The van der Waals surface area contributed by atoms with Gasteiger partial charge in [0.05, 0.1) is 5.54 Å². The second-order valence-corrected chi connectivity index (χ2v) is 6.81. The van der Waals surface area contributed by atoms with Crippen molar-refractivity contribution in [2.75, 3.05) is 20.1 Å². The summed E-state index contributed by atoms with van der Waals surface area (Å²) in [5.41, 5.74) is -0.0672. The molecule has 0 aromatic carbocycles.